The summed E-state index contributed by atoms with van der Waals surface area (Å²) in [4.78, 5) is 23.3. The molecule has 0 unspecified atom stereocenters. The van der Waals surface area contributed by atoms with Crippen molar-refractivity contribution in [3.8, 4) is 5.75 Å². The van der Waals surface area contributed by atoms with E-state index < -0.39 is 0 Å². The standard InChI is InChI=1S/C18H18ClN3O3S/c1-10-4-5-14(21-20-10)12(3)25-16-9-17-15(8-13(16)19)22(18(24)26-17)7-6-11(2)23/h4-5,8-9,12H,6-7H2,1-3H3/t12-/m0/s1. The first-order chi connectivity index (χ1) is 12.3. The van der Waals surface area contributed by atoms with E-state index >= 15 is 0 Å². The van der Waals surface area contributed by atoms with Gasteiger partial charge >= 0.3 is 4.87 Å². The maximum Gasteiger partial charge on any atom is 0.308 e. The number of ketones is 1. The number of aryl methyl sites for hydroxylation is 2. The van der Waals surface area contributed by atoms with Gasteiger partial charge in [0.2, 0.25) is 0 Å². The molecule has 3 aromatic rings. The number of rotatable bonds is 6. The molecule has 136 valence electrons. The van der Waals surface area contributed by atoms with E-state index in [2.05, 4.69) is 10.2 Å². The molecule has 0 bridgehead atoms. The molecule has 0 saturated heterocycles. The number of halogens is 1. The molecule has 0 fully saturated rings. The Bertz CT molecular complexity index is 1010. The van der Waals surface area contributed by atoms with Crippen LogP contribution in [-0.2, 0) is 11.3 Å². The Labute approximate surface area is 159 Å². The molecular formula is C18H18ClN3O3S. The van der Waals surface area contributed by atoms with Crippen LogP contribution in [0.4, 0.5) is 0 Å². The van der Waals surface area contributed by atoms with Crippen LogP contribution >= 0.6 is 22.9 Å². The predicted molar refractivity (Wildman–Crippen MR) is 102 cm³/mol. The predicted octanol–water partition coefficient (Wildman–Crippen LogP) is 3.93. The monoisotopic (exact) mass is 391 g/mol. The number of hydrogen-bond donors (Lipinski definition) is 0. The number of ether oxygens (including phenoxy) is 1. The van der Waals surface area contributed by atoms with Crippen molar-refractivity contribution in [3.63, 3.8) is 0 Å². The number of hydrogen-bond acceptors (Lipinski definition) is 6. The van der Waals surface area contributed by atoms with Crippen LogP contribution in [0.1, 0.15) is 37.8 Å². The second kappa shape index (κ2) is 7.55. The molecule has 0 aliphatic heterocycles. The lowest BCUT2D eigenvalue weighted by atomic mass is 10.2. The van der Waals surface area contributed by atoms with E-state index in [0.29, 0.717) is 34.9 Å². The molecule has 2 heterocycles. The zero-order valence-electron chi connectivity index (χ0n) is 14.7. The van der Waals surface area contributed by atoms with Gasteiger partial charge < -0.3 is 4.74 Å². The number of carbonyl (C=O) groups excluding carboxylic acids is 1. The minimum atomic E-state index is -0.338. The highest BCUT2D eigenvalue weighted by Crippen LogP contribution is 2.34. The second-order valence-electron chi connectivity index (χ2n) is 6.08. The van der Waals surface area contributed by atoms with Gasteiger partial charge in [0.1, 0.15) is 23.3 Å². The Morgan fingerprint density at radius 1 is 1.35 bits per heavy atom. The lowest BCUT2D eigenvalue weighted by molar-refractivity contribution is -0.117. The molecule has 1 aromatic carbocycles. The summed E-state index contributed by atoms with van der Waals surface area (Å²) in [6.07, 6.45) is -0.0281. The average Bonchev–Trinajstić information content (AvgIpc) is 2.88. The molecule has 0 aliphatic rings. The quantitative estimate of drug-likeness (QED) is 0.636. The third-order valence-corrected chi connectivity index (χ3v) is 5.19. The number of carbonyl (C=O) groups is 1. The van der Waals surface area contributed by atoms with Crippen LogP contribution in [0.2, 0.25) is 5.02 Å². The van der Waals surface area contributed by atoms with Crippen LogP contribution in [0.25, 0.3) is 10.2 Å². The van der Waals surface area contributed by atoms with Crippen molar-refractivity contribution < 1.29 is 9.53 Å². The van der Waals surface area contributed by atoms with Gasteiger partial charge in [-0.3, -0.25) is 14.2 Å². The molecular weight excluding hydrogens is 374 g/mol. The van der Waals surface area contributed by atoms with Gasteiger partial charge in [0.25, 0.3) is 0 Å². The van der Waals surface area contributed by atoms with Gasteiger partial charge in [-0.05, 0) is 39.0 Å². The summed E-state index contributed by atoms with van der Waals surface area (Å²) in [7, 11) is 0. The molecule has 0 aliphatic carbocycles. The maximum atomic E-state index is 12.2. The van der Waals surface area contributed by atoms with Crippen LogP contribution in [0.3, 0.4) is 0 Å². The largest absolute Gasteiger partial charge is 0.483 e. The topological polar surface area (TPSA) is 74.1 Å². The summed E-state index contributed by atoms with van der Waals surface area (Å²) in [6, 6.07) is 7.19. The first-order valence-electron chi connectivity index (χ1n) is 8.14. The van der Waals surface area contributed by atoms with Gasteiger partial charge in [-0.2, -0.15) is 10.2 Å². The van der Waals surface area contributed by atoms with Crippen molar-refractivity contribution in [2.45, 2.75) is 39.8 Å². The van der Waals surface area contributed by atoms with Gasteiger partial charge in [0.05, 0.1) is 20.9 Å². The van der Waals surface area contributed by atoms with Crippen molar-refractivity contribution in [3.05, 3.63) is 50.3 Å². The molecule has 2 aromatic heterocycles. The molecule has 0 saturated carbocycles. The number of thiazole rings is 1. The molecule has 0 radical (unpaired) electrons. The summed E-state index contributed by atoms with van der Waals surface area (Å²) in [5.74, 6) is 0.518. The number of fused-ring (bicyclic) bond motifs is 1. The highest BCUT2D eigenvalue weighted by atomic mass is 35.5. The zero-order valence-corrected chi connectivity index (χ0v) is 16.2. The fraction of sp³-hybridized carbons (Fsp3) is 0.333. The van der Waals surface area contributed by atoms with E-state index in [9.17, 15) is 9.59 Å². The van der Waals surface area contributed by atoms with Crippen molar-refractivity contribution in [2.24, 2.45) is 0 Å². The lowest BCUT2D eigenvalue weighted by Gasteiger charge is -2.15. The van der Waals surface area contributed by atoms with Crippen molar-refractivity contribution in [2.75, 3.05) is 0 Å². The minimum absolute atomic E-state index is 0.0373. The van der Waals surface area contributed by atoms with Gasteiger partial charge in [-0.1, -0.05) is 22.9 Å². The third kappa shape index (κ3) is 3.94. The van der Waals surface area contributed by atoms with Gasteiger partial charge in [-0.25, -0.2) is 0 Å². The van der Waals surface area contributed by atoms with Crippen LogP contribution in [-0.4, -0.2) is 20.5 Å². The van der Waals surface area contributed by atoms with Crippen molar-refractivity contribution in [1.82, 2.24) is 14.8 Å². The molecule has 8 heteroatoms. The maximum absolute atomic E-state index is 12.2. The van der Waals surface area contributed by atoms with E-state index in [-0.39, 0.29) is 16.8 Å². The summed E-state index contributed by atoms with van der Waals surface area (Å²) >= 11 is 7.47. The summed E-state index contributed by atoms with van der Waals surface area (Å²) in [6.45, 7) is 5.58. The summed E-state index contributed by atoms with van der Waals surface area (Å²) in [5.41, 5.74) is 2.23. The van der Waals surface area contributed by atoms with E-state index in [0.717, 1.165) is 21.7 Å². The van der Waals surface area contributed by atoms with E-state index in [1.54, 1.807) is 16.7 Å². The smallest absolute Gasteiger partial charge is 0.308 e. The third-order valence-electron chi connectivity index (χ3n) is 3.95. The molecule has 0 N–H and O–H groups in total. The second-order valence-corrected chi connectivity index (χ2v) is 7.48. The first-order valence-corrected chi connectivity index (χ1v) is 9.34. The Balaban J connectivity index is 1.90. The van der Waals surface area contributed by atoms with E-state index in [4.69, 9.17) is 16.3 Å². The van der Waals surface area contributed by atoms with Crippen LogP contribution in [0.5, 0.6) is 5.75 Å². The SMILES string of the molecule is CC(=O)CCn1c(=O)sc2cc(O[C@@H](C)c3ccc(C)nn3)c(Cl)cc21. The molecule has 3 rings (SSSR count). The number of benzene rings is 1. The highest BCUT2D eigenvalue weighted by molar-refractivity contribution is 7.16. The molecule has 0 spiro atoms. The highest BCUT2D eigenvalue weighted by Gasteiger charge is 2.16. The lowest BCUT2D eigenvalue weighted by Crippen LogP contribution is -2.14. The van der Waals surface area contributed by atoms with E-state index in [1.165, 1.54) is 6.92 Å². The zero-order chi connectivity index (χ0) is 18.8. The molecule has 6 nitrogen and oxygen atoms in total. The average molecular weight is 392 g/mol. The number of nitrogens with zero attached hydrogens (tertiary/aromatic N) is 3. The molecule has 26 heavy (non-hydrogen) atoms. The van der Waals surface area contributed by atoms with Crippen LogP contribution in [0.15, 0.2) is 29.1 Å². The fourth-order valence-electron chi connectivity index (χ4n) is 2.51. The summed E-state index contributed by atoms with van der Waals surface area (Å²) < 4.78 is 8.27. The minimum Gasteiger partial charge on any atom is -0.483 e. The van der Waals surface area contributed by atoms with E-state index in [1.807, 2.05) is 26.0 Å². The Hall–Kier alpha value is -2.25. The number of Topliss-reactive ketones (excluding diaryl/α,β-unsaturated/α-hetero) is 1. The van der Waals surface area contributed by atoms with Crippen molar-refractivity contribution >= 4 is 38.9 Å². The normalized spacial score (nSPS) is 12.3. The Kier molecular flexibility index (Phi) is 5.38. The van der Waals surface area contributed by atoms with Crippen LogP contribution < -0.4 is 9.61 Å². The van der Waals surface area contributed by atoms with Gasteiger partial charge in [0, 0.05) is 19.0 Å². The number of aromatic nitrogens is 3. The van der Waals surface area contributed by atoms with Gasteiger partial charge in [-0.15, -0.1) is 0 Å². The van der Waals surface area contributed by atoms with Crippen LogP contribution in [0, 0.1) is 6.92 Å². The first kappa shape index (κ1) is 18.5. The fourth-order valence-corrected chi connectivity index (χ4v) is 3.64. The molecule has 0 amide bonds. The summed E-state index contributed by atoms with van der Waals surface area (Å²) in [5, 5.41) is 8.56. The Morgan fingerprint density at radius 2 is 2.12 bits per heavy atom. The van der Waals surface area contributed by atoms with Crippen molar-refractivity contribution in [1.29, 1.82) is 0 Å². The Morgan fingerprint density at radius 3 is 2.77 bits per heavy atom. The molecule has 1 atom stereocenters. The van der Waals surface area contributed by atoms with Gasteiger partial charge in [0.15, 0.2) is 0 Å².